The van der Waals surface area contributed by atoms with Gasteiger partial charge in [0.1, 0.15) is 11.2 Å². The molecule has 2 amide bonds. The molecule has 2 aliphatic rings. The van der Waals surface area contributed by atoms with Gasteiger partial charge in [-0.25, -0.2) is 0 Å². The molecule has 1 aliphatic heterocycles. The van der Waals surface area contributed by atoms with E-state index in [1.54, 1.807) is 28.4 Å². The van der Waals surface area contributed by atoms with Gasteiger partial charge in [-0.1, -0.05) is 43.4 Å². The highest BCUT2D eigenvalue weighted by molar-refractivity contribution is 7.17. The molecular formula is C24H26ClN3O2S. The van der Waals surface area contributed by atoms with Gasteiger partial charge < -0.3 is 9.88 Å². The van der Waals surface area contributed by atoms with Crippen molar-refractivity contribution in [3.05, 3.63) is 52.5 Å². The molecule has 3 aromatic rings. The fourth-order valence-electron chi connectivity index (χ4n) is 5.00. The summed E-state index contributed by atoms with van der Waals surface area (Å²) in [5.41, 5.74) is 1.20. The average molecular weight is 456 g/mol. The zero-order chi connectivity index (χ0) is 21.6. The molecule has 7 heteroatoms. The SMILES string of the molecule is C[C@]1(C(=O)NC2CCCCCC2)Cn2c(cc3sccc32)C(=O)N1c1cccc(Cl)c1. The number of carbonyl (C=O) groups is 2. The van der Waals surface area contributed by atoms with Crippen molar-refractivity contribution in [1.29, 1.82) is 0 Å². The summed E-state index contributed by atoms with van der Waals surface area (Å²) in [7, 11) is 0. The lowest BCUT2D eigenvalue weighted by Crippen LogP contribution is -2.65. The first-order valence-electron chi connectivity index (χ1n) is 11.0. The summed E-state index contributed by atoms with van der Waals surface area (Å²) < 4.78 is 3.06. The van der Waals surface area contributed by atoms with E-state index in [2.05, 4.69) is 5.32 Å². The fourth-order valence-corrected chi connectivity index (χ4v) is 6.00. The number of carbonyl (C=O) groups excluding carboxylic acids is 2. The van der Waals surface area contributed by atoms with E-state index in [9.17, 15) is 9.59 Å². The second kappa shape index (κ2) is 7.99. The van der Waals surface area contributed by atoms with Crippen LogP contribution in [0.15, 0.2) is 41.8 Å². The minimum Gasteiger partial charge on any atom is -0.351 e. The Morgan fingerprint density at radius 1 is 1.16 bits per heavy atom. The quantitative estimate of drug-likeness (QED) is 0.521. The van der Waals surface area contributed by atoms with E-state index in [4.69, 9.17) is 11.6 Å². The Balaban J connectivity index is 1.58. The van der Waals surface area contributed by atoms with Crippen LogP contribution in [0.5, 0.6) is 0 Å². The summed E-state index contributed by atoms with van der Waals surface area (Å²) in [5.74, 6) is -0.272. The number of amides is 2. The monoisotopic (exact) mass is 455 g/mol. The highest BCUT2D eigenvalue weighted by atomic mass is 35.5. The third-order valence-corrected chi connectivity index (χ3v) is 7.74. The zero-order valence-electron chi connectivity index (χ0n) is 17.6. The van der Waals surface area contributed by atoms with E-state index < -0.39 is 5.54 Å². The van der Waals surface area contributed by atoms with Crippen LogP contribution in [0.2, 0.25) is 5.02 Å². The molecule has 1 aromatic carbocycles. The lowest BCUT2D eigenvalue weighted by molar-refractivity contribution is -0.127. The van der Waals surface area contributed by atoms with Gasteiger partial charge in [0, 0.05) is 16.8 Å². The number of anilines is 1. The topological polar surface area (TPSA) is 54.3 Å². The van der Waals surface area contributed by atoms with Crippen molar-refractivity contribution in [2.24, 2.45) is 0 Å². The number of aromatic nitrogens is 1. The lowest BCUT2D eigenvalue weighted by atomic mass is 9.92. The van der Waals surface area contributed by atoms with E-state index in [0.717, 1.165) is 35.9 Å². The van der Waals surface area contributed by atoms with Crippen molar-refractivity contribution in [3.8, 4) is 0 Å². The number of fused-ring (bicyclic) bond motifs is 3. The summed E-state index contributed by atoms with van der Waals surface area (Å²) in [6.07, 6.45) is 6.71. The van der Waals surface area contributed by atoms with Crippen molar-refractivity contribution in [3.63, 3.8) is 0 Å². The van der Waals surface area contributed by atoms with Crippen LogP contribution in [0.1, 0.15) is 55.9 Å². The molecule has 1 atom stereocenters. The Morgan fingerprint density at radius 3 is 2.68 bits per heavy atom. The molecule has 0 saturated heterocycles. The first-order valence-corrected chi connectivity index (χ1v) is 12.2. The lowest BCUT2D eigenvalue weighted by Gasteiger charge is -2.44. The molecule has 0 radical (unpaired) electrons. The van der Waals surface area contributed by atoms with Crippen molar-refractivity contribution >= 4 is 50.7 Å². The number of nitrogens with zero attached hydrogens (tertiary/aromatic N) is 2. The Morgan fingerprint density at radius 2 is 1.94 bits per heavy atom. The summed E-state index contributed by atoms with van der Waals surface area (Å²) in [4.78, 5) is 29.2. The predicted molar refractivity (Wildman–Crippen MR) is 126 cm³/mol. The van der Waals surface area contributed by atoms with E-state index >= 15 is 0 Å². The summed E-state index contributed by atoms with van der Waals surface area (Å²) in [5, 5.41) is 5.86. The highest BCUT2D eigenvalue weighted by Crippen LogP contribution is 2.38. The summed E-state index contributed by atoms with van der Waals surface area (Å²) in [6.45, 7) is 2.28. The number of hydrogen-bond acceptors (Lipinski definition) is 3. The maximum absolute atomic E-state index is 13.8. The second-order valence-electron chi connectivity index (χ2n) is 8.84. The Bertz CT molecular complexity index is 1140. The summed E-state index contributed by atoms with van der Waals surface area (Å²) >= 11 is 7.87. The van der Waals surface area contributed by atoms with Gasteiger partial charge in [0.05, 0.1) is 16.8 Å². The Labute approximate surface area is 191 Å². The predicted octanol–water partition coefficient (Wildman–Crippen LogP) is 5.61. The van der Waals surface area contributed by atoms with Crippen LogP contribution in [0.4, 0.5) is 5.69 Å². The van der Waals surface area contributed by atoms with E-state index in [1.807, 2.05) is 41.1 Å². The van der Waals surface area contributed by atoms with Gasteiger partial charge >= 0.3 is 0 Å². The molecule has 1 fully saturated rings. The molecule has 1 N–H and O–H groups in total. The van der Waals surface area contributed by atoms with Crippen LogP contribution >= 0.6 is 22.9 Å². The largest absolute Gasteiger partial charge is 0.351 e. The van der Waals surface area contributed by atoms with Crippen LogP contribution in [0.25, 0.3) is 10.2 Å². The van der Waals surface area contributed by atoms with Crippen LogP contribution in [0.3, 0.4) is 0 Å². The first-order chi connectivity index (χ1) is 15.0. The molecule has 0 bridgehead atoms. The normalized spacial score (nSPS) is 22.4. The van der Waals surface area contributed by atoms with Crippen molar-refractivity contribution in [1.82, 2.24) is 9.88 Å². The second-order valence-corrected chi connectivity index (χ2v) is 10.2. The Kier molecular flexibility index (Phi) is 5.30. The molecule has 5 nitrogen and oxygen atoms in total. The first kappa shape index (κ1) is 20.6. The third-order valence-electron chi connectivity index (χ3n) is 6.65. The van der Waals surface area contributed by atoms with Crippen LogP contribution in [0, 0.1) is 0 Å². The van der Waals surface area contributed by atoms with Crippen molar-refractivity contribution < 1.29 is 9.59 Å². The molecule has 1 aliphatic carbocycles. The molecular weight excluding hydrogens is 430 g/mol. The third kappa shape index (κ3) is 3.56. The van der Waals surface area contributed by atoms with Gasteiger partial charge in [0.2, 0.25) is 5.91 Å². The van der Waals surface area contributed by atoms with E-state index in [1.165, 1.54) is 12.8 Å². The maximum atomic E-state index is 13.8. The van der Waals surface area contributed by atoms with Gasteiger partial charge in [-0.15, -0.1) is 11.3 Å². The van der Waals surface area contributed by atoms with Crippen molar-refractivity contribution in [2.45, 2.75) is 63.6 Å². The number of nitrogens with one attached hydrogen (secondary N) is 1. The summed E-state index contributed by atoms with van der Waals surface area (Å²) in [6, 6.07) is 11.3. The van der Waals surface area contributed by atoms with Gasteiger partial charge in [-0.3, -0.25) is 14.5 Å². The van der Waals surface area contributed by atoms with E-state index in [0.29, 0.717) is 22.9 Å². The minimum atomic E-state index is -1.06. The maximum Gasteiger partial charge on any atom is 0.275 e. The van der Waals surface area contributed by atoms with Crippen LogP contribution in [-0.4, -0.2) is 28.0 Å². The molecule has 0 unspecified atom stereocenters. The molecule has 2 aromatic heterocycles. The molecule has 1 saturated carbocycles. The van der Waals surface area contributed by atoms with Crippen molar-refractivity contribution in [2.75, 3.05) is 4.90 Å². The molecule has 5 rings (SSSR count). The van der Waals surface area contributed by atoms with Gasteiger partial charge in [0.25, 0.3) is 5.91 Å². The number of rotatable bonds is 3. The molecule has 31 heavy (non-hydrogen) atoms. The number of hydrogen-bond donors (Lipinski definition) is 1. The van der Waals surface area contributed by atoms with Gasteiger partial charge in [0.15, 0.2) is 0 Å². The minimum absolute atomic E-state index is 0.101. The number of halogens is 1. The van der Waals surface area contributed by atoms with Crippen LogP contribution < -0.4 is 10.2 Å². The fraction of sp³-hybridized carbons (Fsp3) is 0.417. The smallest absolute Gasteiger partial charge is 0.275 e. The molecule has 0 spiro atoms. The average Bonchev–Trinajstić information content (AvgIpc) is 3.23. The number of benzene rings is 1. The Hall–Kier alpha value is -2.31. The van der Waals surface area contributed by atoms with Gasteiger partial charge in [-0.2, -0.15) is 0 Å². The standard InChI is InChI=1S/C24H26ClN3O2S/c1-24(23(30)26-17-8-4-2-3-5-9-17)15-27-19-11-12-31-21(19)14-20(27)22(29)28(24)18-10-6-7-16(25)13-18/h6-7,10-14,17H,2-5,8-9,15H2,1H3,(H,26,30)/t24-/m1/s1. The zero-order valence-corrected chi connectivity index (χ0v) is 19.1. The molecule has 3 heterocycles. The number of thiophene rings is 1. The molecule has 162 valence electrons. The van der Waals surface area contributed by atoms with Crippen LogP contribution in [-0.2, 0) is 11.3 Å². The van der Waals surface area contributed by atoms with E-state index in [-0.39, 0.29) is 17.9 Å². The van der Waals surface area contributed by atoms with Gasteiger partial charge in [-0.05, 0) is 55.5 Å². The highest BCUT2D eigenvalue weighted by Gasteiger charge is 2.49.